The minimum absolute atomic E-state index is 0.164. The number of nitrogens with one attached hydrogen (secondary N) is 3. The Morgan fingerprint density at radius 3 is 2.64 bits per heavy atom. The van der Waals surface area contributed by atoms with Gasteiger partial charge in [-0.2, -0.15) is 0 Å². The number of urea groups is 1. The van der Waals surface area contributed by atoms with E-state index in [1.165, 1.54) is 23.1 Å². The predicted octanol–water partition coefficient (Wildman–Crippen LogP) is 2.96. The van der Waals surface area contributed by atoms with E-state index in [1.54, 1.807) is 18.2 Å². The first-order chi connectivity index (χ1) is 13.3. The minimum Gasteiger partial charge on any atom is -0.486 e. The molecule has 150 valence electrons. The summed E-state index contributed by atoms with van der Waals surface area (Å²) < 4.78 is 11.5. The Morgan fingerprint density at radius 1 is 1.14 bits per heavy atom. The number of thioether (sulfide) groups is 1. The molecular formula is C17H21N5O4S2. The second-order valence-electron chi connectivity index (χ2n) is 6.90. The maximum absolute atomic E-state index is 12.2. The SMILES string of the molecule is CC(C)(C)NC(=O)Nc1nnc(SCC(=O)Nc2ccc3c(c2)OCCO3)s1. The molecule has 1 aliphatic heterocycles. The molecule has 0 saturated carbocycles. The highest BCUT2D eigenvalue weighted by Crippen LogP contribution is 2.32. The summed E-state index contributed by atoms with van der Waals surface area (Å²) in [5.74, 6) is 1.27. The van der Waals surface area contributed by atoms with E-state index in [-0.39, 0.29) is 23.2 Å². The number of hydrogen-bond acceptors (Lipinski definition) is 8. The van der Waals surface area contributed by atoms with Crippen LogP contribution in [0.1, 0.15) is 20.8 Å². The van der Waals surface area contributed by atoms with Crippen molar-refractivity contribution in [3.05, 3.63) is 18.2 Å². The lowest BCUT2D eigenvalue weighted by Crippen LogP contribution is -2.43. The molecule has 0 bridgehead atoms. The highest BCUT2D eigenvalue weighted by atomic mass is 32.2. The maximum atomic E-state index is 12.2. The van der Waals surface area contributed by atoms with Gasteiger partial charge in [0, 0.05) is 17.3 Å². The molecule has 0 fully saturated rings. The van der Waals surface area contributed by atoms with E-state index in [2.05, 4.69) is 26.1 Å². The van der Waals surface area contributed by atoms with Crippen LogP contribution in [0.3, 0.4) is 0 Å². The van der Waals surface area contributed by atoms with Crippen LogP contribution < -0.4 is 25.4 Å². The van der Waals surface area contributed by atoms with Gasteiger partial charge in [-0.15, -0.1) is 10.2 Å². The second-order valence-corrected chi connectivity index (χ2v) is 9.10. The molecule has 0 atom stereocenters. The topological polar surface area (TPSA) is 114 Å². The number of benzene rings is 1. The van der Waals surface area contributed by atoms with Gasteiger partial charge in [0.05, 0.1) is 5.75 Å². The smallest absolute Gasteiger partial charge is 0.321 e. The van der Waals surface area contributed by atoms with Gasteiger partial charge in [-0.25, -0.2) is 4.79 Å². The molecule has 1 aromatic carbocycles. The zero-order valence-corrected chi connectivity index (χ0v) is 17.3. The van der Waals surface area contributed by atoms with E-state index in [9.17, 15) is 9.59 Å². The third-order valence-corrected chi connectivity index (χ3v) is 5.24. The van der Waals surface area contributed by atoms with E-state index < -0.39 is 0 Å². The Bertz CT molecular complexity index is 865. The van der Waals surface area contributed by atoms with Crippen molar-refractivity contribution < 1.29 is 19.1 Å². The van der Waals surface area contributed by atoms with Crippen LogP contribution >= 0.6 is 23.1 Å². The number of ether oxygens (including phenoxy) is 2. The summed E-state index contributed by atoms with van der Waals surface area (Å²) in [6, 6.07) is 4.91. The van der Waals surface area contributed by atoms with E-state index >= 15 is 0 Å². The minimum atomic E-state index is -0.350. The molecular weight excluding hydrogens is 402 g/mol. The Hall–Kier alpha value is -2.53. The summed E-state index contributed by atoms with van der Waals surface area (Å²) in [5.41, 5.74) is 0.284. The maximum Gasteiger partial charge on any atom is 0.321 e. The van der Waals surface area contributed by atoms with Gasteiger partial charge in [-0.05, 0) is 32.9 Å². The fourth-order valence-electron chi connectivity index (χ4n) is 2.23. The monoisotopic (exact) mass is 423 g/mol. The number of aromatic nitrogens is 2. The molecule has 3 rings (SSSR count). The molecule has 0 saturated heterocycles. The van der Waals surface area contributed by atoms with Gasteiger partial charge in [0.1, 0.15) is 13.2 Å². The van der Waals surface area contributed by atoms with Crippen molar-refractivity contribution in [3.8, 4) is 11.5 Å². The number of nitrogens with zero attached hydrogens (tertiary/aromatic N) is 2. The summed E-state index contributed by atoms with van der Waals surface area (Å²) in [6.45, 7) is 6.66. The van der Waals surface area contributed by atoms with Gasteiger partial charge in [-0.1, -0.05) is 23.1 Å². The van der Waals surface area contributed by atoms with Crippen LogP contribution in [-0.2, 0) is 4.79 Å². The predicted molar refractivity (Wildman–Crippen MR) is 109 cm³/mol. The molecule has 2 heterocycles. The van der Waals surface area contributed by atoms with Crippen LogP contribution in [0.2, 0.25) is 0 Å². The average molecular weight is 424 g/mol. The van der Waals surface area contributed by atoms with Gasteiger partial charge in [0.25, 0.3) is 0 Å². The van der Waals surface area contributed by atoms with Crippen LogP contribution in [0.15, 0.2) is 22.5 Å². The third kappa shape index (κ3) is 5.99. The quantitative estimate of drug-likeness (QED) is 0.500. The molecule has 28 heavy (non-hydrogen) atoms. The number of fused-ring (bicyclic) bond motifs is 1. The molecule has 0 aliphatic carbocycles. The summed E-state index contributed by atoms with van der Waals surface area (Å²) in [5, 5.41) is 16.5. The lowest BCUT2D eigenvalue weighted by Gasteiger charge is -2.19. The van der Waals surface area contributed by atoms with Crippen molar-refractivity contribution in [2.45, 2.75) is 30.6 Å². The van der Waals surface area contributed by atoms with Gasteiger partial charge in [0.2, 0.25) is 11.0 Å². The molecule has 1 aliphatic rings. The standard InChI is InChI=1S/C17H21N5O4S2/c1-17(2,3)20-14(24)19-15-21-22-16(28-15)27-9-13(23)18-10-4-5-11-12(8-10)26-7-6-25-11/h4-5,8H,6-7,9H2,1-3H3,(H,18,23)(H2,19,20,21,24). The van der Waals surface area contributed by atoms with Crippen molar-refractivity contribution in [2.24, 2.45) is 0 Å². The largest absolute Gasteiger partial charge is 0.486 e. The molecule has 3 N–H and O–H groups in total. The molecule has 2 aromatic rings. The summed E-state index contributed by atoms with van der Waals surface area (Å²) in [7, 11) is 0. The number of rotatable bonds is 5. The van der Waals surface area contributed by atoms with Crippen molar-refractivity contribution in [1.29, 1.82) is 0 Å². The molecule has 11 heteroatoms. The van der Waals surface area contributed by atoms with Crippen LogP contribution in [0.5, 0.6) is 11.5 Å². The zero-order chi connectivity index (χ0) is 20.1. The van der Waals surface area contributed by atoms with E-state index in [0.717, 1.165) is 0 Å². The van der Waals surface area contributed by atoms with Gasteiger partial charge in [-0.3, -0.25) is 10.1 Å². The number of hydrogen-bond donors (Lipinski definition) is 3. The number of amides is 3. The number of carbonyl (C=O) groups is 2. The molecule has 0 unspecified atom stereocenters. The van der Waals surface area contributed by atoms with E-state index in [0.29, 0.717) is 39.9 Å². The average Bonchev–Trinajstić information content (AvgIpc) is 3.05. The zero-order valence-electron chi connectivity index (χ0n) is 15.7. The number of carbonyl (C=O) groups excluding carboxylic acids is 2. The fourth-order valence-corrected chi connectivity index (χ4v) is 3.78. The van der Waals surface area contributed by atoms with Gasteiger partial charge >= 0.3 is 6.03 Å². The Morgan fingerprint density at radius 2 is 1.89 bits per heavy atom. The normalized spacial score (nSPS) is 13.0. The van der Waals surface area contributed by atoms with E-state index in [1.807, 2.05) is 20.8 Å². The number of anilines is 2. The van der Waals surface area contributed by atoms with Crippen molar-refractivity contribution in [3.63, 3.8) is 0 Å². The van der Waals surface area contributed by atoms with Crippen molar-refractivity contribution in [1.82, 2.24) is 15.5 Å². The highest BCUT2D eigenvalue weighted by molar-refractivity contribution is 8.01. The summed E-state index contributed by atoms with van der Waals surface area (Å²) in [6.07, 6.45) is 0. The fraction of sp³-hybridized carbons (Fsp3) is 0.412. The van der Waals surface area contributed by atoms with Crippen LogP contribution in [0.25, 0.3) is 0 Å². The van der Waals surface area contributed by atoms with Crippen molar-refractivity contribution >= 4 is 45.9 Å². The van der Waals surface area contributed by atoms with E-state index in [4.69, 9.17) is 9.47 Å². The van der Waals surface area contributed by atoms with Crippen LogP contribution in [0, 0.1) is 0 Å². The van der Waals surface area contributed by atoms with Gasteiger partial charge in [0.15, 0.2) is 15.8 Å². The lowest BCUT2D eigenvalue weighted by molar-refractivity contribution is -0.113. The highest BCUT2D eigenvalue weighted by Gasteiger charge is 2.16. The summed E-state index contributed by atoms with van der Waals surface area (Å²) >= 11 is 2.45. The first-order valence-electron chi connectivity index (χ1n) is 8.53. The third-order valence-electron chi connectivity index (χ3n) is 3.27. The molecule has 0 spiro atoms. The van der Waals surface area contributed by atoms with Gasteiger partial charge < -0.3 is 20.1 Å². The second kappa shape index (κ2) is 8.65. The van der Waals surface area contributed by atoms with Crippen LogP contribution in [0.4, 0.5) is 15.6 Å². The first kappa shape index (κ1) is 20.2. The van der Waals surface area contributed by atoms with Crippen molar-refractivity contribution in [2.75, 3.05) is 29.6 Å². The van der Waals surface area contributed by atoms with Crippen LogP contribution in [-0.4, -0.2) is 46.6 Å². The Kier molecular flexibility index (Phi) is 6.25. The first-order valence-corrected chi connectivity index (χ1v) is 10.3. The molecule has 3 amide bonds. The summed E-state index contributed by atoms with van der Waals surface area (Å²) in [4.78, 5) is 24.0. The molecule has 0 radical (unpaired) electrons. The Labute approximate surface area is 170 Å². The Balaban J connectivity index is 1.47. The molecule has 9 nitrogen and oxygen atoms in total. The molecule has 1 aromatic heterocycles. The lowest BCUT2D eigenvalue weighted by atomic mass is 10.1.